The van der Waals surface area contributed by atoms with Crippen LogP contribution in [0.25, 0.3) is 0 Å². The van der Waals surface area contributed by atoms with Gasteiger partial charge in [0.05, 0.1) is 6.61 Å². The molecule has 0 saturated carbocycles. The first-order valence-electron chi connectivity index (χ1n) is 5.31. The van der Waals surface area contributed by atoms with E-state index in [1.165, 1.54) is 0 Å². The van der Waals surface area contributed by atoms with Crippen molar-refractivity contribution >= 4 is 23.4 Å². The van der Waals surface area contributed by atoms with Crippen molar-refractivity contribution in [3.05, 3.63) is 35.9 Å². The van der Waals surface area contributed by atoms with Gasteiger partial charge in [-0.3, -0.25) is 0 Å². The molecule has 0 unspecified atom stereocenters. The Morgan fingerprint density at radius 1 is 1.35 bits per heavy atom. The Kier molecular flexibility index (Phi) is 3.58. The highest BCUT2D eigenvalue weighted by atomic mass is 32.1. The Morgan fingerprint density at radius 2 is 2.06 bits per heavy atom. The molecule has 2 atom stereocenters. The first-order chi connectivity index (χ1) is 8.22. The molecular weight excluding hydrogens is 240 g/mol. The van der Waals surface area contributed by atoms with E-state index in [9.17, 15) is 4.79 Å². The summed E-state index contributed by atoms with van der Waals surface area (Å²) < 4.78 is 15.4. The van der Waals surface area contributed by atoms with Crippen LogP contribution in [0.3, 0.4) is 0 Å². The molecule has 17 heavy (non-hydrogen) atoms. The summed E-state index contributed by atoms with van der Waals surface area (Å²) >= 11 is 4.82. The minimum absolute atomic E-state index is 0.0168. The molecule has 1 fully saturated rings. The van der Waals surface area contributed by atoms with E-state index < -0.39 is 18.2 Å². The van der Waals surface area contributed by atoms with E-state index in [4.69, 9.17) is 26.4 Å². The topological polar surface area (TPSA) is 44.8 Å². The van der Waals surface area contributed by atoms with Crippen molar-refractivity contribution in [1.29, 1.82) is 0 Å². The van der Waals surface area contributed by atoms with Crippen molar-refractivity contribution in [3.63, 3.8) is 0 Å². The van der Waals surface area contributed by atoms with Crippen LogP contribution in [0.1, 0.15) is 18.6 Å². The van der Waals surface area contributed by atoms with Crippen molar-refractivity contribution in [2.24, 2.45) is 0 Å². The maximum atomic E-state index is 11.7. The monoisotopic (exact) mass is 252 g/mol. The smallest absolute Gasteiger partial charge is 0.354 e. The second kappa shape index (κ2) is 5.14. The summed E-state index contributed by atoms with van der Waals surface area (Å²) in [5, 5.41) is -0.0168. The van der Waals surface area contributed by atoms with E-state index in [0.29, 0.717) is 6.61 Å². The van der Waals surface area contributed by atoms with Crippen LogP contribution in [0, 0.1) is 0 Å². The van der Waals surface area contributed by atoms with Gasteiger partial charge in [0.1, 0.15) is 0 Å². The highest BCUT2D eigenvalue weighted by Crippen LogP contribution is 2.30. The first kappa shape index (κ1) is 11.9. The number of rotatable bonds is 3. The quantitative estimate of drug-likeness (QED) is 0.608. The normalized spacial score (nSPS) is 22.8. The van der Waals surface area contributed by atoms with Crippen LogP contribution < -0.4 is 0 Å². The molecule has 0 aromatic heterocycles. The highest BCUT2D eigenvalue weighted by molar-refractivity contribution is 7.79. The summed E-state index contributed by atoms with van der Waals surface area (Å²) in [4.78, 5) is 11.7. The van der Waals surface area contributed by atoms with Crippen molar-refractivity contribution in [2.45, 2.75) is 19.1 Å². The number of benzene rings is 1. The summed E-state index contributed by atoms with van der Waals surface area (Å²) in [6.07, 6.45) is -1.34. The molecule has 0 radical (unpaired) electrons. The lowest BCUT2D eigenvalue weighted by molar-refractivity contribution is -0.152. The fraction of sp³-hybridized carbons (Fsp3) is 0.333. The van der Waals surface area contributed by atoms with Gasteiger partial charge in [0.25, 0.3) is 0 Å². The second-order valence-electron chi connectivity index (χ2n) is 3.49. The summed E-state index contributed by atoms with van der Waals surface area (Å²) in [6.45, 7) is 2.04. The fourth-order valence-electron chi connectivity index (χ4n) is 1.64. The second-order valence-corrected chi connectivity index (χ2v) is 3.82. The van der Waals surface area contributed by atoms with Gasteiger partial charge in [-0.15, -0.1) is 0 Å². The number of carbonyl (C=O) groups is 1. The standard InChI is InChI=1S/C12H12O4S/c1-2-14-11(13)10-9(15-12(17)16-10)8-6-4-3-5-7-8/h3-7,9-10H,2H2,1H3/t9-,10+/m0/s1. The van der Waals surface area contributed by atoms with Crippen molar-refractivity contribution in [3.8, 4) is 0 Å². The molecule has 1 aliphatic heterocycles. The average Bonchev–Trinajstić information content (AvgIpc) is 2.73. The Balaban J connectivity index is 2.20. The zero-order valence-electron chi connectivity index (χ0n) is 9.29. The maximum absolute atomic E-state index is 11.7. The molecule has 0 aliphatic carbocycles. The Hall–Kier alpha value is -1.62. The van der Waals surface area contributed by atoms with Gasteiger partial charge in [-0.25, -0.2) is 4.79 Å². The van der Waals surface area contributed by atoms with Crippen LogP contribution in [-0.2, 0) is 19.0 Å². The molecule has 4 nitrogen and oxygen atoms in total. The van der Waals surface area contributed by atoms with Crippen LogP contribution in [0.15, 0.2) is 30.3 Å². The molecule has 1 saturated heterocycles. The molecule has 0 spiro atoms. The van der Waals surface area contributed by atoms with Crippen LogP contribution in [0.2, 0.25) is 0 Å². The van der Waals surface area contributed by atoms with Gasteiger partial charge in [0.15, 0.2) is 6.10 Å². The lowest BCUT2D eigenvalue weighted by Crippen LogP contribution is -2.28. The van der Waals surface area contributed by atoms with Crippen molar-refractivity contribution < 1.29 is 19.0 Å². The van der Waals surface area contributed by atoms with E-state index in [1.807, 2.05) is 30.3 Å². The van der Waals surface area contributed by atoms with Gasteiger partial charge in [-0.1, -0.05) is 30.3 Å². The van der Waals surface area contributed by atoms with Crippen LogP contribution in [0.4, 0.5) is 0 Å². The van der Waals surface area contributed by atoms with Crippen LogP contribution >= 0.6 is 12.2 Å². The predicted octanol–water partition coefficient (Wildman–Crippen LogP) is 1.99. The van der Waals surface area contributed by atoms with Gasteiger partial charge in [-0.05, 0) is 12.5 Å². The lowest BCUT2D eigenvalue weighted by atomic mass is 10.0. The summed E-state index contributed by atoms with van der Waals surface area (Å²) in [5.41, 5.74) is 0.838. The molecule has 0 N–H and O–H groups in total. The van der Waals surface area contributed by atoms with E-state index in [0.717, 1.165) is 5.56 Å². The number of thiocarbonyl (C=S) groups is 1. The van der Waals surface area contributed by atoms with Gasteiger partial charge < -0.3 is 14.2 Å². The van der Waals surface area contributed by atoms with E-state index in [-0.39, 0.29) is 5.24 Å². The number of hydrogen-bond donors (Lipinski definition) is 0. The Morgan fingerprint density at radius 3 is 2.71 bits per heavy atom. The molecule has 1 aromatic rings. The number of ether oxygens (including phenoxy) is 3. The minimum Gasteiger partial charge on any atom is -0.463 e. The van der Waals surface area contributed by atoms with Gasteiger partial charge in [0, 0.05) is 12.2 Å². The molecule has 1 aliphatic rings. The van der Waals surface area contributed by atoms with Crippen LogP contribution in [0.5, 0.6) is 0 Å². The van der Waals surface area contributed by atoms with Gasteiger partial charge >= 0.3 is 11.2 Å². The number of esters is 1. The van der Waals surface area contributed by atoms with Gasteiger partial charge in [0.2, 0.25) is 6.10 Å². The zero-order valence-corrected chi connectivity index (χ0v) is 10.1. The van der Waals surface area contributed by atoms with E-state index in [2.05, 4.69) is 0 Å². The minimum atomic E-state index is -0.815. The maximum Gasteiger partial charge on any atom is 0.354 e. The number of hydrogen-bond acceptors (Lipinski definition) is 5. The largest absolute Gasteiger partial charge is 0.463 e. The predicted molar refractivity (Wildman–Crippen MR) is 64.4 cm³/mol. The summed E-state index contributed by atoms with van der Waals surface area (Å²) in [5.74, 6) is -0.457. The zero-order chi connectivity index (χ0) is 12.3. The summed E-state index contributed by atoms with van der Waals surface area (Å²) in [6, 6.07) is 9.32. The summed E-state index contributed by atoms with van der Waals surface area (Å²) in [7, 11) is 0. The molecular formula is C12H12O4S. The Labute approximate surface area is 104 Å². The molecule has 1 aromatic carbocycles. The van der Waals surface area contributed by atoms with E-state index in [1.54, 1.807) is 6.92 Å². The molecule has 5 heteroatoms. The fourth-order valence-corrected chi connectivity index (χ4v) is 1.85. The Bertz CT molecular complexity index is 418. The molecule has 0 bridgehead atoms. The van der Waals surface area contributed by atoms with Gasteiger partial charge in [-0.2, -0.15) is 0 Å². The SMILES string of the molecule is CCOC(=O)[C@@H]1OC(=S)O[C@H]1c1ccccc1. The van der Waals surface area contributed by atoms with E-state index >= 15 is 0 Å². The lowest BCUT2D eigenvalue weighted by Gasteiger charge is -2.14. The highest BCUT2D eigenvalue weighted by Gasteiger charge is 2.41. The first-order valence-corrected chi connectivity index (χ1v) is 5.72. The molecule has 90 valence electrons. The average molecular weight is 252 g/mol. The third kappa shape index (κ3) is 2.55. The third-order valence-electron chi connectivity index (χ3n) is 2.37. The number of carbonyl (C=O) groups excluding carboxylic acids is 1. The van der Waals surface area contributed by atoms with Crippen LogP contribution in [-0.4, -0.2) is 23.9 Å². The van der Waals surface area contributed by atoms with Crippen molar-refractivity contribution in [2.75, 3.05) is 6.61 Å². The third-order valence-corrected chi connectivity index (χ3v) is 2.56. The van der Waals surface area contributed by atoms with Crippen molar-refractivity contribution in [1.82, 2.24) is 0 Å². The molecule has 0 amide bonds. The molecule has 1 heterocycles. The molecule has 2 rings (SSSR count).